The fourth-order valence-electron chi connectivity index (χ4n) is 2.84. The van der Waals surface area contributed by atoms with Gasteiger partial charge in [0.15, 0.2) is 5.78 Å². The molecule has 1 aliphatic rings. The minimum atomic E-state index is -3.67. The first-order valence-electron chi connectivity index (χ1n) is 7.13. The van der Waals surface area contributed by atoms with E-state index in [0.29, 0.717) is 16.1 Å². The van der Waals surface area contributed by atoms with Crippen LogP contribution in [0.5, 0.6) is 0 Å². The first-order chi connectivity index (χ1) is 10.4. The van der Waals surface area contributed by atoms with Gasteiger partial charge in [0.25, 0.3) is 10.0 Å². The third-order valence-electron chi connectivity index (χ3n) is 3.91. The number of ketones is 1. The van der Waals surface area contributed by atoms with Gasteiger partial charge < -0.3 is 0 Å². The average molecular weight is 315 g/mol. The molecular weight excluding hydrogens is 298 g/mol. The van der Waals surface area contributed by atoms with Crippen molar-refractivity contribution in [2.24, 2.45) is 0 Å². The Kier molecular flexibility index (Phi) is 3.53. The summed E-state index contributed by atoms with van der Waals surface area (Å²) in [5.41, 5.74) is 2.68. The van der Waals surface area contributed by atoms with Crippen molar-refractivity contribution in [2.75, 3.05) is 10.8 Å². The lowest BCUT2D eigenvalue weighted by atomic mass is 10.0. The molecular formula is C17H17NO3S. The van der Waals surface area contributed by atoms with Crippen LogP contribution < -0.4 is 4.31 Å². The zero-order chi connectivity index (χ0) is 15.9. The summed E-state index contributed by atoms with van der Waals surface area (Å²) in [5.74, 6) is -0.0114. The second-order valence-corrected chi connectivity index (χ2v) is 7.37. The summed E-state index contributed by atoms with van der Waals surface area (Å²) < 4.78 is 27.4. The fraction of sp³-hybridized carbons (Fsp3) is 0.235. The molecule has 0 bridgehead atoms. The zero-order valence-corrected chi connectivity index (χ0v) is 13.4. The molecule has 0 atom stereocenters. The van der Waals surface area contributed by atoms with E-state index in [1.165, 1.54) is 4.31 Å². The summed E-state index contributed by atoms with van der Waals surface area (Å²) in [7, 11) is -3.67. The molecule has 0 N–H and O–H groups in total. The van der Waals surface area contributed by atoms with Crippen LogP contribution in [0.2, 0.25) is 0 Å². The molecule has 3 rings (SSSR count). The molecule has 0 fully saturated rings. The Bertz CT molecular complexity index is 856. The maximum Gasteiger partial charge on any atom is 0.264 e. The van der Waals surface area contributed by atoms with Gasteiger partial charge in [-0.2, -0.15) is 0 Å². The SMILES string of the molecule is Cc1ccc(S(=O)(=O)N2CCC(=O)c3ccccc32)c(C)c1. The summed E-state index contributed by atoms with van der Waals surface area (Å²) in [6.45, 7) is 3.91. The summed E-state index contributed by atoms with van der Waals surface area (Å²) >= 11 is 0. The summed E-state index contributed by atoms with van der Waals surface area (Å²) in [6.07, 6.45) is 0.209. The summed E-state index contributed by atoms with van der Waals surface area (Å²) in [5, 5.41) is 0. The predicted octanol–water partition coefficient (Wildman–Crippen LogP) is 3.09. The standard InChI is InChI=1S/C17H17NO3S/c1-12-7-8-17(13(2)11-12)22(20,21)18-10-9-16(19)14-5-3-4-6-15(14)18/h3-8,11H,9-10H2,1-2H3. The van der Waals surface area contributed by atoms with Crippen molar-refractivity contribution in [1.29, 1.82) is 0 Å². The Morgan fingerprint density at radius 1 is 1.05 bits per heavy atom. The van der Waals surface area contributed by atoms with Crippen molar-refractivity contribution in [2.45, 2.75) is 25.2 Å². The fourth-order valence-corrected chi connectivity index (χ4v) is 4.54. The van der Waals surface area contributed by atoms with E-state index in [-0.39, 0.29) is 18.7 Å². The van der Waals surface area contributed by atoms with Crippen LogP contribution >= 0.6 is 0 Å². The lowest BCUT2D eigenvalue weighted by molar-refractivity contribution is 0.0982. The molecule has 0 spiro atoms. The van der Waals surface area contributed by atoms with Gasteiger partial charge in [-0.15, -0.1) is 0 Å². The van der Waals surface area contributed by atoms with Crippen LogP contribution in [0.1, 0.15) is 27.9 Å². The third-order valence-corrected chi connectivity index (χ3v) is 5.89. The number of benzene rings is 2. The van der Waals surface area contributed by atoms with Crippen LogP contribution in [0.4, 0.5) is 5.69 Å². The van der Waals surface area contributed by atoms with E-state index >= 15 is 0 Å². The molecule has 2 aromatic rings. The maximum atomic E-state index is 13.0. The lowest BCUT2D eigenvalue weighted by Gasteiger charge is -2.30. The number of aryl methyl sites for hydroxylation is 2. The third kappa shape index (κ3) is 2.31. The Hall–Kier alpha value is -2.14. The molecule has 0 aliphatic carbocycles. The molecule has 0 unspecified atom stereocenters. The number of fused-ring (bicyclic) bond motifs is 1. The van der Waals surface area contributed by atoms with Gasteiger partial charge in [0.1, 0.15) is 0 Å². The topological polar surface area (TPSA) is 54.5 Å². The Labute approximate surface area is 130 Å². The summed E-state index contributed by atoms with van der Waals surface area (Å²) in [6, 6.07) is 12.2. The van der Waals surface area contributed by atoms with Gasteiger partial charge in [-0.1, -0.05) is 29.8 Å². The number of hydrogen-bond acceptors (Lipinski definition) is 3. The number of anilines is 1. The molecule has 1 heterocycles. The van der Waals surface area contributed by atoms with E-state index in [9.17, 15) is 13.2 Å². The Morgan fingerprint density at radius 2 is 1.77 bits per heavy atom. The molecule has 0 saturated heterocycles. The van der Waals surface area contributed by atoms with Gasteiger partial charge in [0.2, 0.25) is 0 Å². The molecule has 0 radical (unpaired) electrons. The number of rotatable bonds is 2. The second kappa shape index (κ2) is 5.25. The molecule has 0 saturated carbocycles. The lowest BCUT2D eigenvalue weighted by Crippen LogP contribution is -2.37. The predicted molar refractivity (Wildman–Crippen MR) is 85.8 cm³/mol. The van der Waals surface area contributed by atoms with Crippen LogP contribution in [0.15, 0.2) is 47.4 Å². The average Bonchev–Trinajstić information content (AvgIpc) is 2.47. The number of nitrogens with zero attached hydrogens (tertiary/aromatic N) is 1. The van der Waals surface area contributed by atoms with E-state index < -0.39 is 10.0 Å². The number of carbonyl (C=O) groups is 1. The van der Waals surface area contributed by atoms with Crippen molar-refractivity contribution in [3.05, 3.63) is 59.2 Å². The van der Waals surface area contributed by atoms with E-state index in [2.05, 4.69) is 0 Å². The minimum Gasteiger partial charge on any atom is -0.294 e. The van der Waals surface area contributed by atoms with E-state index in [1.54, 1.807) is 43.3 Å². The Morgan fingerprint density at radius 3 is 2.50 bits per heavy atom. The van der Waals surface area contributed by atoms with Crippen molar-refractivity contribution >= 4 is 21.5 Å². The van der Waals surface area contributed by atoms with Gasteiger partial charge in [-0.05, 0) is 37.6 Å². The monoisotopic (exact) mass is 315 g/mol. The highest BCUT2D eigenvalue weighted by atomic mass is 32.2. The zero-order valence-electron chi connectivity index (χ0n) is 12.5. The number of Topliss-reactive ketones (excluding diaryl/α,β-unsaturated/α-hetero) is 1. The number of carbonyl (C=O) groups excluding carboxylic acids is 1. The van der Waals surface area contributed by atoms with Gasteiger partial charge in [0, 0.05) is 18.5 Å². The quantitative estimate of drug-likeness (QED) is 0.856. The second-order valence-electron chi connectivity index (χ2n) is 5.54. The van der Waals surface area contributed by atoms with Crippen molar-refractivity contribution in [1.82, 2.24) is 0 Å². The normalized spacial score (nSPS) is 14.8. The highest BCUT2D eigenvalue weighted by Crippen LogP contribution is 2.32. The number of sulfonamides is 1. The van der Waals surface area contributed by atoms with Crippen molar-refractivity contribution < 1.29 is 13.2 Å². The molecule has 5 heteroatoms. The van der Waals surface area contributed by atoms with E-state index in [0.717, 1.165) is 11.1 Å². The maximum absolute atomic E-state index is 13.0. The van der Waals surface area contributed by atoms with Gasteiger partial charge in [0.05, 0.1) is 10.6 Å². The molecule has 22 heavy (non-hydrogen) atoms. The molecule has 114 valence electrons. The number of para-hydroxylation sites is 1. The van der Waals surface area contributed by atoms with Gasteiger partial charge in [-0.25, -0.2) is 8.42 Å². The van der Waals surface area contributed by atoms with Crippen LogP contribution in [0, 0.1) is 13.8 Å². The molecule has 2 aromatic carbocycles. The molecule has 0 amide bonds. The van der Waals surface area contributed by atoms with Gasteiger partial charge >= 0.3 is 0 Å². The first kappa shape index (κ1) is 14.8. The van der Waals surface area contributed by atoms with Gasteiger partial charge in [-0.3, -0.25) is 9.10 Å². The van der Waals surface area contributed by atoms with Crippen LogP contribution in [0.3, 0.4) is 0 Å². The molecule has 0 aromatic heterocycles. The van der Waals surface area contributed by atoms with Crippen LogP contribution in [-0.2, 0) is 10.0 Å². The summed E-state index contributed by atoms with van der Waals surface area (Å²) in [4.78, 5) is 12.3. The van der Waals surface area contributed by atoms with Crippen molar-refractivity contribution in [3.8, 4) is 0 Å². The smallest absolute Gasteiger partial charge is 0.264 e. The van der Waals surface area contributed by atoms with Crippen molar-refractivity contribution in [3.63, 3.8) is 0 Å². The Balaban J connectivity index is 2.15. The highest BCUT2D eigenvalue weighted by molar-refractivity contribution is 7.92. The first-order valence-corrected chi connectivity index (χ1v) is 8.57. The largest absolute Gasteiger partial charge is 0.294 e. The van der Waals surface area contributed by atoms with E-state index in [1.807, 2.05) is 13.0 Å². The number of hydrogen-bond donors (Lipinski definition) is 0. The van der Waals surface area contributed by atoms with Crippen LogP contribution in [0.25, 0.3) is 0 Å². The minimum absolute atomic E-state index is 0.0114. The highest BCUT2D eigenvalue weighted by Gasteiger charge is 2.32. The molecule has 1 aliphatic heterocycles. The van der Waals surface area contributed by atoms with Crippen LogP contribution in [-0.4, -0.2) is 20.7 Å². The molecule has 4 nitrogen and oxygen atoms in total. The van der Waals surface area contributed by atoms with E-state index in [4.69, 9.17) is 0 Å².